The molecule has 6 nitrogen and oxygen atoms in total. The van der Waals surface area contributed by atoms with E-state index in [0.717, 1.165) is 45.7 Å². The van der Waals surface area contributed by atoms with Gasteiger partial charge in [-0.25, -0.2) is 0 Å². The van der Waals surface area contributed by atoms with Crippen molar-refractivity contribution in [2.45, 2.75) is 44.6 Å². The molecule has 0 unspecified atom stereocenters. The average Bonchev–Trinajstić information content (AvgIpc) is 2.85. The van der Waals surface area contributed by atoms with Gasteiger partial charge in [0, 0.05) is 38.4 Å². The van der Waals surface area contributed by atoms with Gasteiger partial charge < -0.3 is 15.4 Å². The fourth-order valence-corrected chi connectivity index (χ4v) is 3.04. The van der Waals surface area contributed by atoms with Crippen LogP contribution in [0.1, 0.15) is 38.5 Å². The SMILES string of the molecule is N#C/C(=C/NC1CCCCCC1)C(=O)NCCN1CCOCC1. The van der Waals surface area contributed by atoms with Gasteiger partial charge in [-0.2, -0.15) is 5.26 Å². The lowest BCUT2D eigenvalue weighted by atomic mass is 10.1. The first-order chi connectivity index (χ1) is 11.3. The second-order valence-corrected chi connectivity index (χ2v) is 6.23. The van der Waals surface area contributed by atoms with Crippen LogP contribution in [-0.2, 0) is 9.53 Å². The van der Waals surface area contributed by atoms with Crippen molar-refractivity contribution >= 4 is 5.91 Å². The zero-order valence-electron chi connectivity index (χ0n) is 13.9. The van der Waals surface area contributed by atoms with Gasteiger partial charge in [0.05, 0.1) is 13.2 Å². The molecular formula is C17H28N4O2. The van der Waals surface area contributed by atoms with Crippen LogP contribution in [0, 0.1) is 11.3 Å². The molecule has 1 amide bonds. The largest absolute Gasteiger partial charge is 0.387 e. The van der Waals surface area contributed by atoms with E-state index < -0.39 is 0 Å². The van der Waals surface area contributed by atoms with Crippen LogP contribution in [-0.4, -0.2) is 56.2 Å². The molecule has 1 heterocycles. The first kappa shape index (κ1) is 17.8. The molecule has 0 radical (unpaired) electrons. The van der Waals surface area contributed by atoms with Crippen molar-refractivity contribution in [2.75, 3.05) is 39.4 Å². The predicted molar refractivity (Wildman–Crippen MR) is 88.6 cm³/mol. The minimum atomic E-state index is -0.290. The van der Waals surface area contributed by atoms with E-state index in [4.69, 9.17) is 4.74 Å². The smallest absolute Gasteiger partial charge is 0.263 e. The van der Waals surface area contributed by atoms with Crippen LogP contribution in [0.4, 0.5) is 0 Å². The lowest BCUT2D eigenvalue weighted by Crippen LogP contribution is -2.41. The van der Waals surface area contributed by atoms with Gasteiger partial charge in [0.25, 0.3) is 5.91 Å². The topological polar surface area (TPSA) is 77.4 Å². The van der Waals surface area contributed by atoms with Crippen molar-refractivity contribution in [2.24, 2.45) is 0 Å². The number of ether oxygens (including phenoxy) is 1. The fourth-order valence-electron chi connectivity index (χ4n) is 3.04. The summed E-state index contributed by atoms with van der Waals surface area (Å²) < 4.78 is 5.29. The van der Waals surface area contributed by atoms with E-state index in [9.17, 15) is 10.1 Å². The van der Waals surface area contributed by atoms with Crippen LogP contribution in [0.3, 0.4) is 0 Å². The Morgan fingerprint density at radius 3 is 2.57 bits per heavy atom. The van der Waals surface area contributed by atoms with Gasteiger partial charge in [-0.15, -0.1) is 0 Å². The van der Waals surface area contributed by atoms with Crippen molar-refractivity contribution in [1.82, 2.24) is 15.5 Å². The summed E-state index contributed by atoms with van der Waals surface area (Å²) in [6.07, 6.45) is 8.85. The minimum absolute atomic E-state index is 0.163. The number of rotatable bonds is 6. The maximum atomic E-state index is 12.1. The van der Waals surface area contributed by atoms with E-state index in [1.54, 1.807) is 6.20 Å². The first-order valence-corrected chi connectivity index (χ1v) is 8.74. The van der Waals surface area contributed by atoms with Crippen LogP contribution in [0.5, 0.6) is 0 Å². The van der Waals surface area contributed by atoms with E-state index in [0.29, 0.717) is 12.6 Å². The van der Waals surface area contributed by atoms with Crippen LogP contribution < -0.4 is 10.6 Å². The molecule has 0 bridgehead atoms. The molecule has 1 aliphatic heterocycles. The third-order valence-electron chi connectivity index (χ3n) is 4.50. The van der Waals surface area contributed by atoms with Gasteiger partial charge in [-0.1, -0.05) is 25.7 Å². The van der Waals surface area contributed by atoms with E-state index in [1.165, 1.54) is 25.7 Å². The second kappa shape index (κ2) is 10.2. The van der Waals surface area contributed by atoms with Crippen molar-refractivity contribution in [3.05, 3.63) is 11.8 Å². The summed E-state index contributed by atoms with van der Waals surface area (Å²) in [7, 11) is 0. The summed E-state index contributed by atoms with van der Waals surface area (Å²) in [6, 6.07) is 2.39. The Labute approximate surface area is 138 Å². The Morgan fingerprint density at radius 2 is 1.91 bits per heavy atom. The lowest BCUT2D eigenvalue weighted by Gasteiger charge is -2.26. The van der Waals surface area contributed by atoms with Crippen LogP contribution >= 0.6 is 0 Å². The van der Waals surface area contributed by atoms with E-state index in [1.807, 2.05) is 6.07 Å². The molecule has 2 rings (SSSR count). The molecule has 2 fully saturated rings. The highest BCUT2D eigenvalue weighted by Gasteiger charge is 2.14. The van der Waals surface area contributed by atoms with Gasteiger partial charge in [0.15, 0.2) is 0 Å². The number of hydrogen-bond donors (Lipinski definition) is 2. The third-order valence-corrected chi connectivity index (χ3v) is 4.50. The molecule has 0 aromatic heterocycles. The van der Waals surface area contributed by atoms with Crippen molar-refractivity contribution in [1.29, 1.82) is 5.26 Å². The van der Waals surface area contributed by atoms with Crippen molar-refractivity contribution in [3.8, 4) is 6.07 Å². The molecule has 128 valence electrons. The van der Waals surface area contributed by atoms with Gasteiger partial charge in [0.2, 0.25) is 0 Å². The maximum absolute atomic E-state index is 12.1. The lowest BCUT2D eigenvalue weighted by molar-refractivity contribution is -0.117. The first-order valence-electron chi connectivity index (χ1n) is 8.74. The van der Waals surface area contributed by atoms with Crippen LogP contribution in [0.15, 0.2) is 11.8 Å². The summed E-state index contributed by atoms with van der Waals surface area (Å²) >= 11 is 0. The van der Waals surface area contributed by atoms with E-state index in [-0.39, 0.29) is 11.5 Å². The quantitative estimate of drug-likeness (QED) is 0.436. The number of carbonyl (C=O) groups excluding carboxylic acids is 1. The summed E-state index contributed by atoms with van der Waals surface area (Å²) in [5.74, 6) is -0.290. The number of nitrogens with one attached hydrogen (secondary N) is 2. The molecule has 0 atom stereocenters. The van der Waals surface area contributed by atoms with Crippen LogP contribution in [0.25, 0.3) is 0 Å². The molecule has 6 heteroatoms. The molecule has 0 aromatic carbocycles. The Balaban J connectivity index is 1.71. The maximum Gasteiger partial charge on any atom is 0.263 e. The second-order valence-electron chi connectivity index (χ2n) is 6.23. The number of amides is 1. The zero-order valence-corrected chi connectivity index (χ0v) is 13.9. The zero-order chi connectivity index (χ0) is 16.3. The molecule has 2 aliphatic rings. The Kier molecular flexibility index (Phi) is 7.91. The molecule has 1 saturated heterocycles. The molecular weight excluding hydrogens is 292 g/mol. The average molecular weight is 320 g/mol. The van der Waals surface area contributed by atoms with Gasteiger partial charge in [0.1, 0.15) is 11.6 Å². The monoisotopic (exact) mass is 320 g/mol. The van der Waals surface area contributed by atoms with Crippen LogP contribution in [0.2, 0.25) is 0 Å². The van der Waals surface area contributed by atoms with Gasteiger partial charge in [-0.05, 0) is 12.8 Å². The van der Waals surface area contributed by atoms with Gasteiger partial charge in [-0.3, -0.25) is 9.69 Å². The summed E-state index contributed by atoms with van der Waals surface area (Å²) in [4.78, 5) is 14.3. The molecule has 1 aliphatic carbocycles. The van der Waals surface area contributed by atoms with Gasteiger partial charge >= 0.3 is 0 Å². The summed E-state index contributed by atoms with van der Waals surface area (Å²) in [5, 5.41) is 15.3. The molecule has 1 saturated carbocycles. The Morgan fingerprint density at radius 1 is 1.22 bits per heavy atom. The molecule has 23 heavy (non-hydrogen) atoms. The highest BCUT2D eigenvalue weighted by atomic mass is 16.5. The number of hydrogen-bond acceptors (Lipinski definition) is 5. The normalized spacial score (nSPS) is 21.3. The summed E-state index contributed by atoms with van der Waals surface area (Å²) in [5.41, 5.74) is 0.163. The predicted octanol–water partition coefficient (Wildman–Crippen LogP) is 1.15. The van der Waals surface area contributed by atoms with E-state index >= 15 is 0 Å². The minimum Gasteiger partial charge on any atom is -0.387 e. The third kappa shape index (κ3) is 6.59. The fraction of sp³-hybridized carbons (Fsp3) is 0.765. The Hall–Kier alpha value is -1.58. The van der Waals surface area contributed by atoms with Crippen molar-refractivity contribution < 1.29 is 9.53 Å². The van der Waals surface area contributed by atoms with E-state index in [2.05, 4.69) is 15.5 Å². The number of nitriles is 1. The molecule has 0 spiro atoms. The summed E-state index contributed by atoms with van der Waals surface area (Å²) in [6.45, 7) is 4.66. The number of carbonyl (C=O) groups is 1. The Bertz CT molecular complexity index is 430. The highest BCUT2D eigenvalue weighted by Crippen LogP contribution is 2.17. The molecule has 2 N–H and O–H groups in total. The van der Waals surface area contributed by atoms with Crippen molar-refractivity contribution in [3.63, 3.8) is 0 Å². The number of nitrogens with zero attached hydrogens (tertiary/aromatic N) is 2. The standard InChI is InChI=1S/C17H28N4O2/c18-13-15(14-20-16-5-3-1-2-4-6-16)17(22)19-7-8-21-9-11-23-12-10-21/h14,16,20H,1-12H2,(H,19,22)/b15-14-. The molecule has 0 aromatic rings. The number of morpholine rings is 1. The highest BCUT2D eigenvalue weighted by molar-refractivity contribution is 5.97.